The first kappa shape index (κ1) is 22.1. The molecule has 8 nitrogen and oxygen atoms in total. The van der Waals surface area contributed by atoms with E-state index in [4.69, 9.17) is 10.5 Å². The highest BCUT2D eigenvalue weighted by Gasteiger charge is 2.26. The summed E-state index contributed by atoms with van der Waals surface area (Å²) in [6.45, 7) is 7.19. The molecule has 1 heterocycles. The van der Waals surface area contributed by atoms with Gasteiger partial charge < -0.3 is 26.4 Å². The summed E-state index contributed by atoms with van der Waals surface area (Å²) in [6, 6.07) is 7.78. The molecule has 1 aromatic carbocycles. The van der Waals surface area contributed by atoms with E-state index in [-0.39, 0.29) is 6.03 Å². The highest BCUT2D eigenvalue weighted by atomic mass is 16.5. The van der Waals surface area contributed by atoms with Crippen LogP contribution < -0.4 is 21.7 Å². The summed E-state index contributed by atoms with van der Waals surface area (Å²) >= 11 is 0. The second-order valence-electron chi connectivity index (χ2n) is 7.00. The quantitative estimate of drug-likeness (QED) is 0.393. The van der Waals surface area contributed by atoms with Crippen molar-refractivity contribution in [2.75, 3.05) is 58.8 Å². The first-order valence-corrected chi connectivity index (χ1v) is 9.90. The third-order valence-corrected chi connectivity index (χ3v) is 5.14. The fourth-order valence-corrected chi connectivity index (χ4v) is 3.47. The fraction of sp³-hybridized carbons (Fsp3) is 0.600. The lowest BCUT2D eigenvalue weighted by Gasteiger charge is -2.38. The van der Waals surface area contributed by atoms with Gasteiger partial charge in [0.1, 0.15) is 5.84 Å². The summed E-state index contributed by atoms with van der Waals surface area (Å²) in [5, 5.41) is 8.82. The lowest BCUT2D eigenvalue weighted by atomic mass is 9.96. The highest BCUT2D eigenvalue weighted by molar-refractivity contribution is 5.99. The summed E-state index contributed by atoms with van der Waals surface area (Å²) in [5.74, 6) is 1.32. The molecule has 0 spiro atoms. The first-order valence-electron chi connectivity index (χ1n) is 9.90. The van der Waals surface area contributed by atoms with Crippen LogP contribution in [-0.2, 0) is 4.74 Å². The predicted molar refractivity (Wildman–Crippen MR) is 114 cm³/mol. The molecular formula is C20H34N6O2. The van der Waals surface area contributed by atoms with Crippen molar-refractivity contribution >= 4 is 17.6 Å². The Morgan fingerprint density at radius 1 is 1.29 bits per heavy atom. The van der Waals surface area contributed by atoms with Crippen molar-refractivity contribution in [1.29, 1.82) is 0 Å². The summed E-state index contributed by atoms with van der Waals surface area (Å²) in [4.78, 5) is 18.3. The number of amides is 2. The lowest BCUT2D eigenvalue weighted by molar-refractivity contribution is 0.00509. The molecule has 0 bridgehead atoms. The number of carbonyl (C=O) groups is 1. The summed E-state index contributed by atoms with van der Waals surface area (Å²) < 4.78 is 5.51. The van der Waals surface area contributed by atoms with E-state index in [2.05, 4.69) is 32.8 Å². The number of aliphatic imine (C=N–C) groups is 1. The van der Waals surface area contributed by atoms with Crippen LogP contribution in [0.1, 0.15) is 18.9 Å². The largest absolute Gasteiger partial charge is 0.379 e. The Morgan fingerprint density at radius 2 is 1.96 bits per heavy atom. The van der Waals surface area contributed by atoms with Crippen LogP contribution in [0.4, 0.5) is 10.5 Å². The van der Waals surface area contributed by atoms with Crippen LogP contribution in [-0.4, -0.2) is 76.3 Å². The van der Waals surface area contributed by atoms with Gasteiger partial charge in [0.15, 0.2) is 0 Å². The maximum Gasteiger partial charge on any atom is 0.318 e. The molecule has 1 fully saturated rings. The zero-order valence-electron chi connectivity index (χ0n) is 17.2. The zero-order valence-corrected chi connectivity index (χ0v) is 17.2. The van der Waals surface area contributed by atoms with E-state index >= 15 is 0 Å². The molecule has 2 atom stereocenters. The third-order valence-electron chi connectivity index (χ3n) is 5.14. The number of hydrogen-bond acceptors (Lipinski definition) is 5. The number of nitrogens with zero attached hydrogens (tertiary/aromatic N) is 2. The van der Waals surface area contributed by atoms with E-state index < -0.39 is 0 Å². The van der Waals surface area contributed by atoms with E-state index in [1.807, 2.05) is 24.3 Å². The van der Waals surface area contributed by atoms with Gasteiger partial charge in [0.2, 0.25) is 0 Å². The van der Waals surface area contributed by atoms with Gasteiger partial charge >= 0.3 is 6.03 Å². The monoisotopic (exact) mass is 390 g/mol. The number of hydrogen-bond donors (Lipinski definition) is 4. The summed E-state index contributed by atoms with van der Waals surface area (Å²) in [6.07, 6.45) is 0.988. The molecule has 2 rings (SSSR count). The maximum atomic E-state index is 11.4. The molecule has 1 aliphatic heterocycles. The molecule has 8 heteroatoms. The molecule has 2 amide bonds. The normalized spacial score (nSPS) is 17.6. The van der Waals surface area contributed by atoms with Crippen LogP contribution in [0.25, 0.3) is 0 Å². The van der Waals surface area contributed by atoms with Crippen LogP contribution in [0.2, 0.25) is 0 Å². The van der Waals surface area contributed by atoms with E-state index in [1.165, 1.54) is 0 Å². The Morgan fingerprint density at radius 3 is 2.54 bits per heavy atom. The molecular weight excluding hydrogens is 356 g/mol. The third kappa shape index (κ3) is 6.47. The van der Waals surface area contributed by atoms with Crippen LogP contribution in [0.15, 0.2) is 29.3 Å². The molecule has 0 aliphatic carbocycles. The fourth-order valence-electron chi connectivity index (χ4n) is 3.47. The van der Waals surface area contributed by atoms with Crippen LogP contribution in [0.5, 0.6) is 0 Å². The molecule has 28 heavy (non-hydrogen) atoms. The Bertz CT molecular complexity index is 628. The zero-order chi connectivity index (χ0) is 20.4. The molecule has 156 valence electrons. The maximum absolute atomic E-state index is 11.4. The van der Waals surface area contributed by atoms with Crippen molar-refractivity contribution in [3.63, 3.8) is 0 Å². The second kappa shape index (κ2) is 11.6. The number of anilines is 1. The highest BCUT2D eigenvalue weighted by Crippen LogP contribution is 2.16. The minimum atomic E-state index is -0.238. The van der Waals surface area contributed by atoms with Gasteiger partial charge in [0, 0.05) is 51.0 Å². The number of carbonyl (C=O) groups excluding carboxylic acids is 1. The van der Waals surface area contributed by atoms with E-state index in [1.54, 1.807) is 14.1 Å². The average Bonchev–Trinajstić information content (AvgIpc) is 2.73. The minimum Gasteiger partial charge on any atom is -0.379 e. The number of morpholine rings is 1. The summed E-state index contributed by atoms with van der Waals surface area (Å²) in [5.41, 5.74) is 7.53. The number of benzene rings is 1. The van der Waals surface area contributed by atoms with E-state index in [0.29, 0.717) is 18.5 Å². The molecule has 0 saturated carbocycles. The van der Waals surface area contributed by atoms with E-state index in [9.17, 15) is 4.79 Å². The lowest BCUT2D eigenvalue weighted by Crippen LogP contribution is -2.52. The molecule has 1 saturated heterocycles. The van der Waals surface area contributed by atoms with E-state index in [0.717, 1.165) is 56.4 Å². The smallest absolute Gasteiger partial charge is 0.318 e. The van der Waals surface area contributed by atoms with Gasteiger partial charge in [-0.05, 0) is 43.1 Å². The van der Waals surface area contributed by atoms with Crippen molar-refractivity contribution in [2.45, 2.75) is 19.4 Å². The number of nitrogens with two attached hydrogens (primary N) is 1. The van der Waals surface area contributed by atoms with Crippen LogP contribution in [0.3, 0.4) is 0 Å². The number of amidine groups is 1. The van der Waals surface area contributed by atoms with Gasteiger partial charge in [0.25, 0.3) is 0 Å². The van der Waals surface area contributed by atoms with Crippen molar-refractivity contribution in [1.82, 2.24) is 15.5 Å². The molecule has 1 aromatic rings. The molecule has 1 unspecified atom stereocenters. The van der Waals surface area contributed by atoms with Gasteiger partial charge in [-0.1, -0.05) is 6.92 Å². The average molecular weight is 391 g/mol. The Kier molecular flexibility index (Phi) is 9.19. The second-order valence-corrected chi connectivity index (χ2v) is 7.00. The predicted octanol–water partition coefficient (Wildman–Crippen LogP) is 1.09. The molecule has 1 aliphatic rings. The van der Waals surface area contributed by atoms with Crippen molar-refractivity contribution in [2.24, 2.45) is 16.6 Å². The van der Waals surface area contributed by atoms with Gasteiger partial charge in [-0.2, -0.15) is 0 Å². The number of nitrogens with one attached hydrogen (secondary N) is 3. The number of urea groups is 1. The van der Waals surface area contributed by atoms with Crippen molar-refractivity contribution < 1.29 is 9.53 Å². The Labute approximate surface area is 167 Å². The standard InChI is InChI=1S/C20H34N6O2/c1-15(8-9-21)18(26-10-12-28-13-11-26)14-24-19(22-2)16-4-6-17(7-5-16)25-20(27)23-3/h4-7,15,18H,8-14,21H2,1-3H3,(H,22,24)(H2,23,25,27)/t15?,18-/m1/s1. The molecule has 5 N–H and O–H groups in total. The van der Waals surface area contributed by atoms with Crippen molar-refractivity contribution in [3.05, 3.63) is 29.8 Å². The minimum absolute atomic E-state index is 0.238. The number of rotatable bonds is 8. The molecule has 0 radical (unpaired) electrons. The van der Waals surface area contributed by atoms with Crippen LogP contribution >= 0.6 is 0 Å². The Balaban J connectivity index is 2.02. The summed E-state index contributed by atoms with van der Waals surface area (Å²) in [7, 11) is 3.37. The SMILES string of the molecule is CN=C(NC[C@H](C(C)CCN)N1CCOCC1)c1ccc(NC(=O)NC)cc1. The van der Waals surface area contributed by atoms with Gasteiger partial charge in [-0.3, -0.25) is 9.89 Å². The van der Waals surface area contributed by atoms with Gasteiger partial charge in [0.05, 0.1) is 13.2 Å². The topological polar surface area (TPSA) is 104 Å². The van der Waals surface area contributed by atoms with Gasteiger partial charge in [-0.25, -0.2) is 4.79 Å². The first-order chi connectivity index (χ1) is 13.6. The number of ether oxygens (including phenoxy) is 1. The van der Waals surface area contributed by atoms with Gasteiger partial charge in [-0.15, -0.1) is 0 Å². The molecule has 0 aromatic heterocycles. The van der Waals surface area contributed by atoms with Crippen LogP contribution in [0, 0.1) is 5.92 Å². The van der Waals surface area contributed by atoms with Crippen molar-refractivity contribution in [3.8, 4) is 0 Å². The Hall–Kier alpha value is -2.16.